The molecule has 0 aliphatic heterocycles. The first-order valence-electron chi connectivity index (χ1n) is 9.79. The number of hydrogen-bond acceptors (Lipinski definition) is 5. The normalized spacial score (nSPS) is 13.1. The molecule has 0 spiro atoms. The van der Waals surface area contributed by atoms with Crippen molar-refractivity contribution in [2.75, 3.05) is 5.32 Å². The molecule has 7 heteroatoms. The van der Waals surface area contributed by atoms with E-state index in [1.165, 1.54) is 0 Å². The van der Waals surface area contributed by atoms with Gasteiger partial charge in [0, 0.05) is 16.8 Å². The van der Waals surface area contributed by atoms with Gasteiger partial charge in [-0.1, -0.05) is 18.2 Å². The van der Waals surface area contributed by atoms with Crippen LogP contribution in [-0.4, -0.2) is 26.1 Å². The molecule has 0 bridgehead atoms. The number of para-hydroxylation sites is 1. The summed E-state index contributed by atoms with van der Waals surface area (Å²) >= 11 is 0. The number of carbonyl (C=O) groups excluding carboxylic acids is 1. The zero-order valence-electron chi connectivity index (χ0n) is 16.1. The Morgan fingerprint density at radius 1 is 0.900 bits per heavy atom. The highest BCUT2D eigenvalue weighted by molar-refractivity contribution is 6.04. The van der Waals surface area contributed by atoms with Crippen molar-refractivity contribution >= 4 is 11.6 Å². The molecule has 30 heavy (non-hydrogen) atoms. The third kappa shape index (κ3) is 3.91. The summed E-state index contributed by atoms with van der Waals surface area (Å²) in [5.74, 6) is 2.00. The summed E-state index contributed by atoms with van der Waals surface area (Å²) in [6.07, 6.45) is 2.22. The first-order chi connectivity index (χ1) is 14.8. The summed E-state index contributed by atoms with van der Waals surface area (Å²) in [5.41, 5.74) is 2.18. The summed E-state index contributed by atoms with van der Waals surface area (Å²) in [7, 11) is 0. The van der Waals surface area contributed by atoms with Crippen LogP contribution in [0.3, 0.4) is 0 Å². The van der Waals surface area contributed by atoms with Gasteiger partial charge in [0.15, 0.2) is 5.82 Å². The number of rotatable bonds is 6. The van der Waals surface area contributed by atoms with Crippen molar-refractivity contribution in [3.63, 3.8) is 0 Å². The fraction of sp³-hybridized carbons (Fsp3) is 0.130. The molecular weight excluding hydrogens is 378 g/mol. The summed E-state index contributed by atoms with van der Waals surface area (Å²) in [5, 5.41) is 14.9. The van der Waals surface area contributed by atoms with Crippen LogP contribution in [0.4, 0.5) is 5.69 Å². The molecule has 4 aromatic rings. The predicted molar refractivity (Wildman–Crippen MR) is 112 cm³/mol. The molecule has 1 fully saturated rings. The van der Waals surface area contributed by atoms with Gasteiger partial charge in [-0.15, -0.1) is 5.10 Å². The largest absolute Gasteiger partial charge is 0.457 e. The predicted octanol–water partition coefficient (Wildman–Crippen LogP) is 4.72. The second-order valence-electron chi connectivity index (χ2n) is 7.15. The Hall–Kier alpha value is -4.00. The van der Waals surface area contributed by atoms with Crippen molar-refractivity contribution in [1.29, 1.82) is 0 Å². The van der Waals surface area contributed by atoms with Gasteiger partial charge in [0.25, 0.3) is 5.91 Å². The number of nitrogens with one attached hydrogen (secondary N) is 1. The van der Waals surface area contributed by atoms with E-state index in [-0.39, 0.29) is 5.91 Å². The molecule has 7 nitrogen and oxygen atoms in total. The van der Waals surface area contributed by atoms with E-state index in [4.69, 9.17) is 4.74 Å². The van der Waals surface area contributed by atoms with Gasteiger partial charge < -0.3 is 10.1 Å². The SMILES string of the molecule is O=C(Nc1ccc(-c2nnnn2C2CC2)cc1)c1ccc(Oc2ccccc2)cc1. The standard InChI is InChI=1S/C23H19N5O2/c29-23(17-8-14-21(15-9-17)30-20-4-2-1-3-5-20)24-18-10-6-16(7-11-18)22-25-26-27-28(22)19-12-13-19/h1-11,14-15,19H,12-13H2,(H,24,29). The average molecular weight is 397 g/mol. The molecule has 1 aromatic heterocycles. The number of carbonyl (C=O) groups is 1. The van der Waals surface area contributed by atoms with Crippen LogP contribution >= 0.6 is 0 Å². The number of anilines is 1. The van der Waals surface area contributed by atoms with E-state index < -0.39 is 0 Å². The lowest BCUT2D eigenvalue weighted by Gasteiger charge is -2.08. The second kappa shape index (κ2) is 7.79. The van der Waals surface area contributed by atoms with Gasteiger partial charge in [-0.2, -0.15) is 0 Å². The molecule has 0 saturated heterocycles. The molecule has 3 aromatic carbocycles. The molecule has 1 amide bonds. The Labute approximate surface area is 173 Å². The van der Waals surface area contributed by atoms with Crippen LogP contribution in [0.25, 0.3) is 11.4 Å². The summed E-state index contributed by atoms with van der Waals surface area (Å²) in [4.78, 5) is 12.6. The summed E-state index contributed by atoms with van der Waals surface area (Å²) in [6, 6.07) is 24.5. The second-order valence-corrected chi connectivity index (χ2v) is 7.15. The quantitative estimate of drug-likeness (QED) is 0.509. The van der Waals surface area contributed by atoms with Gasteiger partial charge in [0.05, 0.1) is 6.04 Å². The number of ether oxygens (including phenoxy) is 1. The molecule has 1 heterocycles. The molecule has 0 radical (unpaired) electrons. The number of benzene rings is 3. The maximum Gasteiger partial charge on any atom is 0.255 e. The van der Waals surface area contributed by atoms with Crippen molar-refractivity contribution < 1.29 is 9.53 Å². The Morgan fingerprint density at radius 2 is 1.60 bits per heavy atom. The topological polar surface area (TPSA) is 81.9 Å². The Balaban J connectivity index is 1.24. The van der Waals surface area contributed by atoms with Gasteiger partial charge >= 0.3 is 0 Å². The average Bonchev–Trinajstić information content (AvgIpc) is 3.52. The molecule has 1 aliphatic carbocycles. The minimum atomic E-state index is -0.183. The third-order valence-electron chi connectivity index (χ3n) is 4.88. The van der Waals surface area contributed by atoms with Crippen molar-refractivity contribution in [3.8, 4) is 22.9 Å². The lowest BCUT2D eigenvalue weighted by atomic mass is 10.1. The monoisotopic (exact) mass is 397 g/mol. The lowest BCUT2D eigenvalue weighted by molar-refractivity contribution is 0.102. The molecule has 1 aliphatic rings. The minimum absolute atomic E-state index is 0.183. The number of nitrogens with zero attached hydrogens (tertiary/aromatic N) is 4. The zero-order chi connectivity index (χ0) is 20.3. The maximum absolute atomic E-state index is 12.6. The molecule has 148 valence electrons. The first kappa shape index (κ1) is 18.1. The van der Waals surface area contributed by atoms with Crippen LogP contribution in [0.5, 0.6) is 11.5 Å². The smallest absolute Gasteiger partial charge is 0.255 e. The van der Waals surface area contributed by atoms with E-state index in [0.29, 0.717) is 23.0 Å². The molecule has 0 unspecified atom stereocenters. The highest BCUT2D eigenvalue weighted by Gasteiger charge is 2.28. The zero-order valence-corrected chi connectivity index (χ0v) is 16.1. The number of aromatic nitrogens is 4. The Kier molecular flexibility index (Phi) is 4.69. The minimum Gasteiger partial charge on any atom is -0.457 e. The van der Waals surface area contributed by atoms with E-state index in [1.807, 2.05) is 59.3 Å². The van der Waals surface area contributed by atoms with Gasteiger partial charge in [-0.05, 0) is 83.9 Å². The van der Waals surface area contributed by atoms with E-state index >= 15 is 0 Å². The van der Waals surface area contributed by atoms with Crippen LogP contribution in [-0.2, 0) is 0 Å². The van der Waals surface area contributed by atoms with Crippen LogP contribution in [0.15, 0.2) is 78.9 Å². The number of amides is 1. The fourth-order valence-electron chi connectivity index (χ4n) is 3.15. The van der Waals surface area contributed by atoms with Gasteiger partial charge in [0.2, 0.25) is 0 Å². The van der Waals surface area contributed by atoms with Crippen molar-refractivity contribution in [2.24, 2.45) is 0 Å². The molecule has 1 N–H and O–H groups in total. The van der Waals surface area contributed by atoms with E-state index in [0.717, 1.165) is 30.0 Å². The first-order valence-corrected chi connectivity index (χ1v) is 9.79. The summed E-state index contributed by atoms with van der Waals surface area (Å²) in [6.45, 7) is 0. The third-order valence-corrected chi connectivity index (χ3v) is 4.88. The van der Waals surface area contributed by atoms with Crippen LogP contribution < -0.4 is 10.1 Å². The van der Waals surface area contributed by atoms with E-state index in [2.05, 4.69) is 20.8 Å². The Morgan fingerprint density at radius 3 is 2.30 bits per heavy atom. The molecule has 0 atom stereocenters. The van der Waals surface area contributed by atoms with Gasteiger partial charge in [-0.25, -0.2) is 4.68 Å². The van der Waals surface area contributed by atoms with Crippen LogP contribution in [0.1, 0.15) is 29.2 Å². The van der Waals surface area contributed by atoms with Crippen molar-refractivity contribution in [1.82, 2.24) is 20.2 Å². The van der Waals surface area contributed by atoms with E-state index in [9.17, 15) is 4.79 Å². The fourth-order valence-corrected chi connectivity index (χ4v) is 3.15. The maximum atomic E-state index is 12.6. The highest BCUT2D eigenvalue weighted by Crippen LogP contribution is 2.36. The number of hydrogen-bond donors (Lipinski definition) is 1. The number of tetrazole rings is 1. The van der Waals surface area contributed by atoms with Gasteiger partial charge in [0.1, 0.15) is 11.5 Å². The van der Waals surface area contributed by atoms with Gasteiger partial charge in [-0.3, -0.25) is 4.79 Å². The van der Waals surface area contributed by atoms with Crippen LogP contribution in [0, 0.1) is 0 Å². The van der Waals surface area contributed by atoms with Crippen LogP contribution in [0.2, 0.25) is 0 Å². The van der Waals surface area contributed by atoms with Crippen molar-refractivity contribution in [2.45, 2.75) is 18.9 Å². The Bertz CT molecular complexity index is 1150. The lowest BCUT2D eigenvalue weighted by Crippen LogP contribution is -2.11. The highest BCUT2D eigenvalue weighted by atomic mass is 16.5. The van der Waals surface area contributed by atoms with Crippen molar-refractivity contribution in [3.05, 3.63) is 84.4 Å². The van der Waals surface area contributed by atoms with E-state index in [1.54, 1.807) is 24.3 Å². The molecule has 1 saturated carbocycles. The molecular formula is C23H19N5O2. The molecule has 5 rings (SSSR count). The summed E-state index contributed by atoms with van der Waals surface area (Å²) < 4.78 is 7.63.